The molecule has 0 aliphatic carbocycles. The van der Waals surface area contributed by atoms with Gasteiger partial charge < -0.3 is 5.73 Å². The molecule has 0 saturated carbocycles. The SMILES string of the molecule is CCC(C)[C@@H](N)c1ccc(C)cc1C. The van der Waals surface area contributed by atoms with Crippen LogP contribution in [-0.2, 0) is 0 Å². The Morgan fingerprint density at radius 3 is 2.43 bits per heavy atom. The highest BCUT2D eigenvalue weighted by atomic mass is 14.6. The van der Waals surface area contributed by atoms with Gasteiger partial charge in [-0.15, -0.1) is 0 Å². The first-order chi connectivity index (χ1) is 6.56. The highest BCUT2D eigenvalue weighted by Gasteiger charge is 2.14. The Kier molecular flexibility index (Phi) is 3.70. The molecule has 0 radical (unpaired) electrons. The largest absolute Gasteiger partial charge is 0.324 e. The highest BCUT2D eigenvalue weighted by molar-refractivity contribution is 5.32. The van der Waals surface area contributed by atoms with Crippen molar-refractivity contribution in [1.82, 2.24) is 0 Å². The quantitative estimate of drug-likeness (QED) is 0.779. The second-order valence-corrected chi connectivity index (χ2v) is 4.27. The van der Waals surface area contributed by atoms with Crippen LogP contribution in [0.25, 0.3) is 0 Å². The molecule has 1 unspecified atom stereocenters. The van der Waals surface area contributed by atoms with Crippen molar-refractivity contribution in [3.8, 4) is 0 Å². The van der Waals surface area contributed by atoms with E-state index < -0.39 is 0 Å². The topological polar surface area (TPSA) is 26.0 Å². The van der Waals surface area contributed by atoms with Gasteiger partial charge in [0.15, 0.2) is 0 Å². The molecule has 0 fully saturated rings. The van der Waals surface area contributed by atoms with Crippen LogP contribution in [0.15, 0.2) is 18.2 Å². The second kappa shape index (κ2) is 4.61. The van der Waals surface area contributed by atoms with E-state index >= 15 is 0 Å². The van der Waals surface area contributed by atoms with Gasteiger partial charge in [0.1, 0.15) is 0 Å². The Balaban J connectivity index is 2.95. The van der Waals surface area contributed by atoms with Gasteiger partial charge >= 0.3 is 0 Å². The number of benzene rings is 1. The predicted octanol–water partition coefficient (Wildman–Crippen LogP) is 3.35. The molecule has 0 aliphatic heterocycles. The summed E-state index contributed by atoms with van der Waals surface area (Å²) in [6.07, 6.45) is 1.13. The van der Waals surface area contributed by atoms with E-state index in [0.717, 1.165) is 6.42 Å². The normalized spacial score (nSPS) is 15.2. The molecule has 0 heterocycles. The van der Waals surface area contributed by atoms with Crippen molar-refractivity contribution >= 4 is 0 Å². The first kappa shape index (κ1) is 11.3. The van der Waals surface area contributed by atoms with Gasteiger partial charge in [-0.3, -0.25) is 0 Å². The van der Waals surface area contributed by atoms with Gasteiger partial charge in [-0.1, -0.05) is 44.0 Å². The third-order valence-electron chi connectivity index (χ3n) is 3.04. The lowest BCUT2D eigenvalue weighted by Crippen LogP contribution is -2.19. The number of rotatable bonds is 3. The van der Waals surface area contributed by atoms with E-state index in [1.807, 2.05) is 0 Å². The van der Waals surface area contributed by atoms with Crippen LogP contribution in [0.2, 0.25) is 0 Å². The molecule has 1 heteroatoms. The van der Waals surface area contributed by atoms with E-state index in [2.05, 4.69) is 45.9 Å². The van der Waals surface area contributed by atoms with Gasteiger partial charge in [-0.25, -0.2) is 0 Å². The van der Waals surface area contributed by atoms with Crippen molar-refractivity contribution in [2.45, 2.75) is 40.2 Å². The van der Waals surface area contributed by atoms with Gasteiger partial charge in [-0.2, -0.15) is 0 Å². The minimum absolute atomic E-state index is 0.181. The zero-order valence-electron chi connectivity index (χ0n) is 9.67. The Hall–Kier alpha value is -0.820. The van der Waals surface area contributed by atoms with Crippen LogP contribution in [-0.4, -0.2) is 0 Å². The molecule has 2 N–H and O–H groups in total. The van der Waals surface area contributed by atoms with E-state index in [-0.39, 0.29) is 6.04 Å². The molecule has 2 atom stereocenters. The van der Waals surface area contributed by atoms with Crippen LogP contribution in [0.1, 0.15) is 43.0 Å². The molecule has 0 bridgehead atoms. The number of hydrogen-bond acceptors (Lipinski definition) is 1. The maximum Gasteiger partial charge on any atom is 0.0323 e. The van der Waals surface area contributed by atoms with Crippen LogP contribution < -0.4 is 5.73 Å². The Morgan fingerprint density at radius 2 is 1.93 bits per heavy atom. The highest BCUT2D eigenvalue weighted by Crippen LogP contribution is 2.24. The maximum absolute atomic E-state index is 6.20. The molecule has 14 heavy (non-hydrogen) atoms. The van der Waals surface area contributed by atoms with Crippen LogP contribution in [0, 0.1) is 19.8 Å². The Bertz CT molecular complexity index is 304. The molecule has 1 rings (SSSR count). The molecular formula is C13H21N. The van der Waals surface area contributed by atoms with Crippen LogP contribution in [0.3, 0.4) is 0 Å². The van der Waals surface area contributed by atoms with Gasteiger partial charge in [0, 0.05) is 6.04 Å². The van der Waals surface area contributed by atoms with Gasteiger partial charge in [-0.05, 0) is 30.9 Å². The molecule has 0 aromatic heterocycles. The lowest BCUT2D eigenvalue weighted by molar-refractivity contribution is 0.455. The van der Waals surface area contributed by atoms with Crippen molar-refractivity contribution < 1.29 is 0 Å². The van der Waals surface area contributed by atoms with E-state index in [1.165, 1.54) is 16.7 Å². The van der Waals surface area contributed by atoms with Gasteiger partial charge in [0.25, 0.3) is 0 Å². The lowest BCUT2D eigenvalue weighted by atomic mass is 9.90. The van der Waals surface area contributed by atoms with Crippen molar-refractivity contribution in [1.29, 1.82) is 0 Å². The minimum Gasteiger partial charge on any atom is -0.324 e. The number of hydrogen-bond donors (Lipinski definition) is 1. The molecule has 1 aromatic rings. The molecule has 1 nitrogen and oxygen atoms in total. The molecule has 0 amide bonds. The van der Waals surface area contributed by atoms with E-state index in [0.29, 0.717) is 5.92 Å². The monoisotopic (exact) mass is 191 g/mol. The molecule has 0 aliphatic rings. The first-order valence-corrected chi connectivity index (χ1v) is 5.39. The summed E-state index contributed by atoms with van der Waals surface area (Å²) in [4.78, 5) is 0. The molecular weight excluding hydrogens is 170 g/mol. The minimum atomic E-state index is 0.181. The standard InChI is InChI=1S/C13H21N/c1-5-10(3)13(14)12-7-6-9(2)8-11(12)4/h6-8,10,13H,5,14H2,1-4H3/t10?,13-/m1/s1. The number of nitrogens with two attached hydrogens (primary N) is 1. The van der Waals surface area contributed by atoms with E-state index in [1.54, 1.807) is 0 Å². The first-order valence-electron chi connectivity index (χ1n) is 5.39. The molecule has 0 spiro atoms. The third kappa shape index (κ3) is 2.36. The fraction of sp³-hybridized carbons (Fsp3) is 0.538. The molecule has 0 saturated heterocycles. The summed E-state index contributed by atoms with van der Waals surface area (Å²) in [7, 11) is 0. The van der Waals surface area contributed by atoms with E-state index in [9.17, 15) is 0 Å². The Labute approximate surface area is 87.3 Å². The fourth-order valence-electron chi connectivity index (χ4n) is 1.76. The summed E-state index contributed by atoms with van der Waals surface area (Å²) in [5.41, 5.74) is 10.1. The van der Waals surface area contributed by atoms with Crippen molar-refractivity contribution in [3.63, 3.8) is 0 Å². The number of aryl methyl sites for hydroxylation is 2. The van der Waals surface area contributed by atoms with Crippen LogP contribution in [0.4, 0.5) is 0 Å². The summed E-state index contributed by atoms with van der Waals surface area (Å²) < 4.78 is 0. The van der Waals surface area contributed by atoms with Crippen molar-refractivity contribution in [2.75, 3.05) is 0 Å². The Morgan fingerprint density at radius 1 is 1.29 bits per heavy atom. The lowest BCUT2D eigenvalue weighted by Gasteiger charge is -2.20. The summed E-state index contributed by atoms with van der Waals surface area (Å²) in [6, 6.07) is 6.70. The summed E-state index contributed by atoms with van der Waals surface area (Å²) >= 11 is 0. The average molecular weight is 191 g/mol. The smallest absolute Gasteiger partial charge is 0.0323 e. The van der Waals surface area contributed by atoms with Crippen LogP contribution in [0.5, 0.6) is 0 Å². The van der Waals surface area contributed by atoms with E-state index in [4.69, 9.17) is 5.73 Å². The summed E-state index contributed by atoms with van der Waals surface area (Å²) in [5, 5.41) is 0. The van der Waals surface area contributed by atoms with Crippen molar-refractivity contribution in [2.24, 2.45) is 11.7 Å². The molecule has 1 aromatic carbocycles. The summed E-state index contributed by atoms with van der Waals surface area (Å²) in [6.45, 7) is 8.66. The third-order valence-corrected chi connectivity index (χ3v) is 3.04. The average Bonchev–Trinajstić information content (AvgIpc) is 2.15. The zero-order chi connectivity index (χ0) is 10.7. The van der Waals surface area contributed by atoms with Gasteiger partial charge in [0.05, 0.1) is 0 Å². The van der Waals surface area contributed by atoms with Crippen molar-refractivity contribution in [3.05, 3.63) is 34.9 Å². The van der Waals surface area contributed by atoms with Crippen LogP contribution >= 0.6 is 0 Å². The van der Waals surface area contributed by atoms with Gasteiger partial charge in [0.2, 0.25) is 0 Å². The zero-order valence-corrected chi connectivity index (χ0v) is 9.67. The maximum atomic E-state index is 6.20. The second-order valence-electron chi connectivity index (χ2n) is 4.27. The summed E-state index contributed by atoms with van der Waals surface area (Å²) in [5.74, 6) is 0.552. The predicted molar refractivity (Wildman–Crippen MR) is 62.3 cm³/mol. The molecule has 78 valence electrons. The fourth-order valence-corrected chi connectivity index (χ4v) is 1.76.